The summed E-state index contributed by atoms with van der Waals surface area (Å²) in [5.41, 5.74) is 0.479. The van der Waals surface area contributed by atoms with Gasteiger partial charge in [-0.1, -0.05) is 20.3 Å². The summed E-state index contributed by atoms with van der Waals surface area (Å²) in [5, 5.41) is 2.95. The molecule has 0 aliphatic rings. The van der Waals surface area contributed by atoms with Crippen molar-refractivity contribution in [3.05, 3.63) is 34.1 Å². The zero-order valence-corrected chi connectivity index (χ0v) is 11.7. The molecule has 1 amide bonds. The third-order valence-electron chi connectivity index (χ3n) is 2.65. The van der Waals surface area contributed by atoms with E-state index < -0.39 is 0 Å². The molecular weight excluding hydrogens is 285 g/mol. The van der Waals surface area contributed by atoms with E-state index in [0.717, 1.165) is 19.3 Å². The molecule has 0 aromatic heterocycles. The standard InChI is InChI=1S/C13H17BrFNO/c1-3-5-10(4-2)16-13(17)9-6-7-12(15)11(14)8-9/h6-8,10H,3-5H2,1-2H3,(H,16,17). The zero-order valence-electron chi connectivity index (χ0n) is 10.1. The molecule has 0 fully saturated rings. The molecule has 1 N–H and O–H groups in total. The number of hydrogen-bond donors (Lipinski definition) is 1. The molecule has 0 saturated carbocycles. The summed E-state index contributed by atoms with van der Waals surface area (Å²) in [5.74, 6) is -0.506. The van der Waals surface area contributed by atoms with Gasteiger partial charge in [0.05, 0.1) is 4.47 Å². The molecule has 2 nitrogen and oxygen atoms in total. The van der Waals surface area contributed by atoms with Crippen LogP contribution in [0.15, 0.2) is 22.7 Å². The molecule has 4 heteroatoms. The van der Waals surface area contributed by atoms with Gasteiger partial charge in [0.15, 0.2) is 0 Å². The summed E-state index contributed by atoms with van der Waals surface area (Å²) in [6.45, 7) is 4.13. The van der Waals surface area contributed by atoms with Crippen molar-refractivity contribution in [3.63, 3.8) is 0 Å². The van der Waals surface area contributed by atoms with Gasteiger partial charge in [0.25, 0.3) is 5.91 Å². The molecule has 0 spiro atoms. The van der Waals surface area contributed by atoms with Crippen LogP contribution in [0.3, 0.4) is 0 Å². The number of benzene rings is 1. The SMILES string of the molecule is CCCC(CC)NC(=O)c1ccc(F)c(Br)c1. The molecule has 0 saturated heterocycles. The molecule has 1 aromatic carbocycles. The van der Waals surface area contributed by atoms with Gasteiger partial charge in [0.2, 0.25) is 0 Å². The van der Waals surface area contributed by atoms with Gasteiger partial charge in [0, 0.05) is 11.6 Å². The maximum absolute atomic E-state index is 13.0. The van der Waals surface area contributed by atoms with E-state index in [-0.39, 0.29) is 17.8 Å². The fourth-order valence-electron chi connectivity index (χ4n) is 1.63. The summed E-state index contributed by atoms with van der Waals surface area (Å²) in [6, 6.07) is 4.48. The van der Waals surface area contributed by atoms with Gasteiger partial charge in [-0.3, -0.25) is 4.79 Å². The third-order valence-corrected chi connectivity index (χ3v) is 3.25. The molecule has 1 aromatic rings. The summed E-state index contributed by atoms with van der Waals surface area (Å²) >= 11 is 3.07. The van der Waals surface area contributed by atoms with Crippen LogP contribution in [-0.4, -0.2) is 11.9 Å². The number of carbonyl (C=O) groups is 1. The van der Waals surface area contributed by atoms with Crippen molar-refractivity contribution in [2.75, 3.05) is 0 Å². The Morgan fingerprint density at radius 1 is 1.47 bits per heavy atom. The predicted molar refractivity (Wildman–Crippen MR) is 70.6 cm³/mol. The van der Waals surface area contributed by atoms with Gasteiger partial charge in [-0.05, 0) is 47.0 Å². The van der Waals surface area contributed by atoms with Crippen molar-refractivity contribution in [2.24, 2.45) is 0 Å². The van der Waals surface area contributed by atoms with Crippen LogP contribution in [0.2, 0.25) is 0 Å². The third kappa shape index (κ3) is 4.11. The number of hydrogen-bond acceptors (Lipinski definition) is 1. The van der Waals surface area contributed by atoms with E-state index in [0.29, 0.717) is 10.0 Å². The summed E-state index contributed by atoms with van der Waals surface area (Å²) in [7, 11) is 0. The largest absolute Gasteiger partial charge is 0.349 e. The van der Waals surface area contributed by atoms with E-state index in [2.05, 4.69) is 28.2 Å². The number of amides is 1. The fourth-order valence-corrected chi connectivity index (χ4v) is 2.01. The minimum Gasteiger partial charge on any atom is -0.349 e. The molecule has 17 heavy (non-hydrogen) atoms. The normalized spacial score (nSPS) is 12.2. The van der Waals surface area contributed by atoms with E-state index in [1.807, 2.05) is 6.92 Å². The van der Waals surface area contributed by atoms with Crippen molar-refractivity contribution < 1.29 is 9.18 Å². The number of nitrogens with one attached hydrogen (secondary N) is 1. The van der Waals surface area contributed by atoms with Crippen LogP contribution in [-0.2, 0) is 0 Å². The van der Waals surface area contributed by atoms with Crippen molar-refractivity contribution in [1.29, 1.82) is 0 Å². The Morgan fingerprint density at radius 3 is 2.71 bits per heavy atom. The molecule has 0 radical (unpaired) electrons. The average Bonchev–Trinajstić information content (AvgIpc) is 2.31. The first-order valence-electron chi connectivity index (χ1n) is 5.84. The first kappa shape index (κ1) is 14.2. The van der Waals surface area contributed by atoms with Crippen molar-refractivity contribution in [2.45, 2.75) is 39.2 Å². The zero-order chi connectivity index (χ0) is 12.8. The quantitative estimate of drug-likeness (QED) is 0.878. The lowest BCUT2D eigenvalue weighted by Gasteiger charge is -2.16. The maximum atomic E-state index is 13.0. The Labute approximate surface area is 110 Å². The van der Waals surface area contributed by atoms with E-state index >= 15 is 0 Å². The van der Waals surface area contributed by atoms with E-state index in [4.69, 9.17) is 0 Å². The lowest BCUT2D eigenvalue weighted by Crippen LogP contribution is -2.34. The van der Waals surface area contributed by atoms with Crippen LogP contribution >= 0.6 is 15.9 Å². The molecule has 94 valence electrons. The van der Waals surface area contributed by atoms with Crippen LogP contribution in [0.4, 0.5) is 4.39 Å². The van der Waals surface area contributed by atoms with Crippen molar-refractivity contribution >= 4 is 21.8 Å². The Balaban J connectivity index is 2.72. The smallest absolute Gasteiger partial charge is 0.251 e. The van der Waals surface area contributed by atoms with Gasteiger partial charge in [0.1, 0.15) is 5.82 Å². The highest BCUT2D eigenvalue weighted by Crippen LogP contribution is 2.17. The Morgan fingerprint density at radius 2 is 2.18 bits per heavy atom. The topological polar surface area (TPSA) is 29.1 Å². The minimum absolute atomic E-state index is 0.147. The van der Waals surface area contributed by atoms with Gasteiger partial charge in [-0.25, -0.2) is 4.39 Å². The molecule has 0 aliphatic carbocycles. The molecule has 0 heterocycles. The number of halogens is 2. The van der Waals surface area contributed by atoms with E-state index in [9.17, 15) is 9.18 Å². The Kier molecular flexibility index (Phi) is 5.62. The van der Waals surface area contributed by atoms with Crippen molar-refractivity contribution in [1.82, 2.24) is 5.32 Å². The first-order chi connectivity index (χ1) is 8.08. The predicted octanol–water partition coefficient (Wildman–Crippen LogP) is 3.90. The van der Waals surface area contributed by atoms with Crippen LogP contribution < -0.4 is 5.32 Å². The molecule has 0 aliphatic heterocycles. The minimum atomic E-state index is -0.359. The monoisotopic (exact) mass is 301 g/mol. The van der Waals surface area contributed by atoms with Crippen molar-refractivity contribution in [3.8, 4) is 0 Å². The summed E-state index contributed by atoms with van der Waals surface area (Å²) < 4.78 is 13.3. The lowest BCUT2D eigenvalue weighted by atomic mass is 10.1. The molecule has 1 atom stereocenters. The molecule has 1 unspecified atom stereocenters. The fraction of sp³-hybridized carbons (Fsp3) is 0.462. The lowest BCUT2D eigenvalue weighted by molar-refractivity contribution is 0.0933. The second-order valence-corrected chi connectivity index (χ2v) is 4.85. The highest BCUT2D eigenvalue weighted by atomic mass is 79.9. The van der Waals surface area contributed by atoms with Crippen LogP contribution in [0, 0.1) is 5.82 Å². The highest BCUT2D eigenvalue weighted by molar-refractivity contribution is 9.10. The van der Waals surface area contributed by atoms with Crippen LogP contribution in [0.25, 0.3) is 0 Å². The van der Waals surface area contributed by atoms with E-state index in [1.165, 1.54) is 18.2 Å². The number of rotatable bonds is 5. The molecule has 1 rings (SSSR count). The average molecular weight is 302 g/mol. The summed E-state index contributed by atoms with van der Waals surface area (Å²) in [6.07, 6.45) is 2.90. The second kappa shape index (κ2) is 6.74. The van der Waals surface area contributed by atoms with E-state index in [1.54, 1.807) is 0 Å². The second-order valence-electron chi connectivity index (χ2n) is 4.00. The van der Waals surface area contributed by atoms with Gasteiger partial charge < -0.3 is 5.32 Å². The van der Waals surface area contributed by atoms with Crippen LogP contribution in [0.5, 0.6) is 0 Å². The Hall–Kier alpha value is -0.900. The van der Waals surface area contributed by atoms with Crippen LogP contribution in [0.1, 0.15) is 43.5 Å². The first-order valence-corrected chi connectivity index (χ1v) is 6.63. The Bertz CT molecular complexity index is 395. The maximum Gasteiger partial charge on any atom is 0.251 e. The van der Waals surface area contributed by atoms with Gasteiger partial charge in [-0.2, -0.15) is 0 Å². The number of carbonyl (C=O) groups excluding carboxylic acids is 1. The van der Waals surface area contributed by atoms with Gasteiger partial charge in [-0.15, -0.1) is 0 Å². The van der Waals surface area contributed by atoms with Gasteiger partial charge >= 0.3 is 0 Å². The molecule has 0 bridgehead atoms. The molecular formula is C13H17BrFNO. The highest BCUT2D eigenvalue weighted by Gasteiger charge is 2.12. The summed E-state index contributed by atoms with van der Waals surface area (Å²) in [4.78, 5) is 11.9.